The second kappa shape index (κ2) is 6.37. The number of aryl methyl sites for hydroxylation is 2. The minimum absolute atomic E-state index is 0.366. The zero-order chi connectivity index (χ0) is 15.4. The lowest BCUT2D eigenvalue weighted by atomic mass is 10.1. The first kappa shape index (κ1) is 15.0. The molecule has 2 amide bonds. The summed E-state index contributed by atoms with van der Waals surface area (Å²) in [6, 6.07) is 10.5. The number of hydrogen-bond donors (Lipinski definition) is 3. The van der Waals surface area contributed by atoms with Gasteiger partial charge in [0.25, 0.3) is 0 Å². The van der Waals surface area contributed by atoms with E-state index in [1.807, 2.05) is 19.9 Å². The Morgan fingerprint density at radius 1 is 1.19 bits per heavy atom. The van der Waals surface area contributed by atoms with Crippen molar-refractivity contribution >= 4 is 17.5 Å². The Labute approximate surface area is 124 Å². The van der Waals surface area contributed by atoms with E-state index in [0.29, 0.717) is 11.5 Å². The summed E-state index contributed by atoms with van der Waals surface area (Å²) in [5.74, 6) is 0.511. The topological polar surface area (TPSA) is 74.2 Å². The Morgan fingerprint density at radius 3 is 2.62 bits per heavy atom. The fraction of sp³-hybridized carbons (Fsp3) is 0.250. The van der Waals surface area contributed by atoms with E-state index >= 15 is 0 Å². The Morgan fingerprint density at radius 2 is 1.95 bits per heavy atom. The van der Waals surface area contributed by atoms with Gasteiger partial charge in [-0.2, -0.15) is 0 Å². The molecule has 3 N–H and O–H groups in total. The van der Waals surface area contributed by atoms with Crippen molar-refractivity contribution in [3.63, 3.8) is 0 Å². The monoisotopic (exact) mass is 285 g/mol. The summed E-state index contributed by atoms with van der Waals surface area (Å²) in [7, 11) is 0. The van der Waals surface area contributed by atoms with Gasteiger partial charge in [-0.05, 0) is 56.2 Å². The third-order valence-corrected chi connectivity index (χ3v) is 2.97. The van der Waals surface area contributed by atoms with Crippen LogP contribution in [0.3, 0.4) is 0 Å². The minimum Gasteiger partial charge on any atom is -0.389 e. The number of rotatable bonds is 3. The standard InChI is InChI=1S/C16H19N3O2/c1-10-7-11(2)17-15(8-10)19-16(21)18-14-6-4-5-13(9-14)12(3)20/h4-9,12,20H,1-3H3,(H2,17,18,19,21). The third kappa shape index (κ3) is 4.29. The quantitative estimate of drug-likeness (QED) is 0.809. The summed E-state index contributed by atoms with van der Waals surface area (Å²) in [5, 5.41) is 15.0. The largest absolute Gasteiger partial charge is 0.389 e. The Hall–Kier alpha value is -2.40. The van der Waals surface area contributed by atoms with E-state index in [1.165, 1.54) is 0 Å². The maximum Gasteiger partial charge on any atom is 0.324 e. The van der Waals surface area contributed by atoms with Crippen molar-refractivity contribution in [2.45, 2.75) is 26.9 Å². The molecule has 0 aliphatic carbocycles. The first-order chi connectivity index (χ1) is 9.94. The molecule has 1 heterocycles. The number of aliphatic hydroxyl groups excluding tert-OH is 1. The van der Waals surface area contributed by atoms with E-state index in [4.69, 9.17) is 0 Å². The smallest absolute Gasteiger partial charge is 0.324 e. The van der Waals surface area contributed by atoms with E-state index in [-0.39, 0.29) is 6.03 Å². The molecule has 0 saturated carbocycles. The van der Waals surface area contributed by atoms with Crippen LogP contribution in [-0.4, -0.2) is 16.1 Å². The molecule has 1 aromatic heterocycles. The van der Waals surface area contributed by atoms with Crippen molar-refractivity contribution in [2.24, 2.45) is 0 Å². The van der Waals surface area contributed by atoms with Gasteiger partial charge in [-0.3, -0.25) is 5.32 Å². The highest BCUT2D eigenvalue weighted by Crippen LogP contribution is 2.17. The number of carbonyl (C=O) groups excluding carboxylic acids is 1. The molecule has 2 rings (SSSR count). The predicted octanol–water partition coefficient (Wildman–Crippen LogP) is 3.40. The fourth-order valence-electron chi connectivity index (χ4n) is 2.06. The molecule has 0 aliphatic rings. The number of pyridine rings is 1. The number of nitrogens with one attached hydrogen (secondary N) is 2. The molecule has 0 aliphatic heterocycles. The Balaban J connectivity index is 2.06. The Kier molecular flexibility index (Phi) is 4.55. The van der Waals surface area contributed by atoms with E-state index in [2.05, 4.69) is 15.6 Å². The molecule has 21 heavy (non-hydrogen) atoms. The summed E-state index contributed by atoms with van der Waals surface area (Å²) >= 11 is 0. The molecule has 1 unspecified atom stereocenters. The zero-order valence-electron chi connectivity index (χ0n) is 12.3. The van der Waals surface area contributed by atoms with Crippen molar-refractivity contribution in [1.29, 1.82) is 0 Å². The number of benzene rings is 1. The van der Waals surface area contributed by atoms with Crippen molar-refractivity contribution in [2.75, 3.05) is 10.6 Å². The molecule has 0 saturated heterocycles. The summed E-state index contributed by atoms with van der Waals surface area (Å²) in [6.07, 6.45) is -0.573. The molecule has 2 aromatic rings. The third-order valence-electron chi connectivity index (χ3n) is 2.97. The highest BCUT2D eigenvalue weighted by Gasteiger charge is 2.06. The minimum atomic E-state index is -0.573. The van der Waals surface area contributed by atoms with Crippen LogP contribution >= 0.6 is 0 Å². The van der Waals surface area contributed by atoms with Gasteiger partial charge in [0.05, 0.1) is 6.10 Å². The van der Waals surface area contributed by atoms with Crippen LogP contribution in [0.2, 0.25) is 0 Å². The van der Waals surface area contributed by atoms with Gasteiger partial charge in [0.2, 0.25) is 0 Å². The SMILES string of the molecule is Cc1cc(C)nc(NC(=O)Nc2cccc(C(C)O)c2)c1. The lowest BCUT2D eigenvalue weighted by molar-refractivity contribution is 0.199. The predicted molar refractivity (Wildman–Crippen MR) is 83.4 cm³/mol. The van der Waals surface area contributed by atoms with Crippen molar-refractivity contribution in [3.05, 3.63) is 53.2 Å². The number of nitrogens with zero attached hydrogens (tertiary/aromatic N) is 1. The molecule has 110 valence electrons. The number of anilines is 2. The lowest BCUT2D eigenvalue weighted by Crippen LogP contribution is -2.20. The molecule has 0 spiro atoms. The number of aliphatic hydroxyl groups is 1. The average molecular weight is 285 g/mol. The van der Waals surface area contributed by atoms with Gasteiger partial charge in [-0.25, -0.2) is 9.78 Å². The second-order valence-electron chi connectivity index (χ2n) is 5.05. The van der Waals surface area contributed by atoms with Gasteiger partial charge in [0, 0.05) is 11.4 Å². The Bertz CT molecular complexity index is 633. The van der Waals surface area contributed by atoms with Crippen molar-refractivity contribution < 1.29 is 9.90 Å². The van der Waals surface area contributed by atoms with E-state index in [1.54, 1.807) is 37.3 Å². The molecular weight excluding hydrogens is 266 g/mol. The van der Waals surface area contributed by atoms with E-state index in [0.717, 1.165) is 16.8 Å². The molecule has 0 bridgehead atoms. The molecule has 1 atom stereocenters. The van der Waals surface area contributed by atoms with Crippen LogP contribution < -0.4 is 10.6 Å². The van der Waals surface area contributed by atoms with Crippen LogP contribution in [0.25, 0.3) is 0 Å². The molecule has 1 aromatic carbocycles. The normalized spacial score (nSPS) is 11.8. The summed E-state index contributed by atoms with van der Waals surface area (Å²) < 4.78 is 0. The van der Waals surface area contributed by atoms with Crippen LogP contribution in [0.4, 0.5) is 16.3 Å². The maximum atomic E-state index is 12.0. The first-order valence-corrected chi connectivity index (χ1v) is 6.75. The van der Waals surface area contributed by atoms with Crippen LogP contribution in [0, 0.1) is 13.8 Å². The van der Waals surface area contributed by atoms with Gasteiger partial charge in [-0.15, -0.1) is 0 Å². The number of amides is 2. The summed E-state index contributed by atoms with van der Waals surface area (Å²) in [5.41, 5.74) is 3.25. The van der Waals surface area contributed by atoms with E-state index in [9.17, 15) is 9.90 Å². The van der Waals surface area contributed by atoms with E-state index < -0.39 is 6.10 Å². The van der Waals surface area contributed by atoms with Gasteiger partial charge >= 0.3 is 6.03 Å². The fourth-order valence-corrected chi connectivity index (χ4v) is 2.06. The van der Waals surface area contributed by atoms with Crippen LogP contribution in [-0.2, 0) is 0 Å². The number of carbonyl (C=O) groups is 1. The van der Waals surface area contributed by atoms with Crippen LogP contribution in [0.15, 0.2) is 36.4 Å². The van der Waals surface area contributed by atoms with Gasteiger partial charge < -0.3 is 10.4 Å². The molecule has 5 heteroatoms. The molecular formula is C16H19N3O2. The summed E-state index contributed by atoms with van der Waals surface area (Å²) in [6.45, 7) is 5.50. The highest BCUT2D eigenvalue weighted by atomic mass is 16.3. The number of hydrogen-bond acceptors (Lipinski definition) is 3. The van der Waals surface area contributed by atoms with Gasteiger partial charge in [0.15, 0.2) is 0 Å². The highest BCUT2D eigenvalue weighted by molar-refractivity contribution is 5.99. The van der Waals surface area contributed by atoms with Crippen LogP contribution in [0.5, 0.6) is 0 Å². The maximum absolute atomic E-state index is 12.0. The van der Waals surface area contributed by atoms with Gasteiger partial charge in [0.1, 0.15) is 5.82 Å². The van der Waals surface area contributed by atoms with Crippen LogP contribution in [0.1, 0.15) is 29.8 Å². The van der Waals surface area contributed by atoms with Gasteiger partial charge in [-0.1, -0.05) is 12.1 Å². The zero-order valence-corrected chi connectivity index (χ0v) is 12.3. The second-order valence-corrected chi connectivity index (χ2v) is 5.05. The first-order valence-electron chi connectivity index (χ1n) is 6.75. The van der Waals surface area contributed by atoms with Crippen molar-refractivity contribution in [3.8, 4) is 0 Å². The molecule has 5 nitrogen and oxygen atoms in total. The summed E-state index contributed by atoms with van der Waals surface area (Å²) in [4.78, 5) is 16.2. The molecule has 0 fully saturated rings. The van der Waals surface area contributed by atoms with Crippen molar-refractivity contribution in [1.82, 2.24) is 4.98 Å². The molecule has 0 radical (unpaired) electrons. The number of aromatic nitrogens is 1. The number of urea groups is 1. The average Bonchev–Trinajstić information content (AvgIpc) is 2.37. The lowest BCUT2D eigenvalue weighted by Gasteiger charge is -2.10.